The van der Waals surface area contributed by atoms with Crippen LogP contribution in [-0.4, -0.2) is 44.7 Å². The lowest BCUT2D eigenvalue weighted by Gasteiger charge is -2.33. The molecule has 0 aromatic rings. The number of unbranched alkanes of at least 4 members (excludes halogenated alkanes) is 1. The van der Waals surface area contributed by atoms with Crippen LogP contribution in [-0.2, 0) is 14.3 Å². The molecule has 0 spiro atoms. The summed E-state index contributed by atoms with van der Waals surface area (Å²) >= 11 is 0. The first-order chi connectivity index (χ1) is 10.0. The fourth-order valence-corrected chi connectivity index (χ4v) is 2.46. The van der Waals surface area contributed by atoms with Gasteiger partial charge in [-0.25, -0.2) is 0 Å². The van der Waals surface area contributed by atoms with Crippen LogP contribution in [0.3, 0.4) is 0 Å². The lowest BCUT2D eigenvalue weighted by molar-refractivity contribution is -0.396. The molecule has 0 aromatic carbocycles. The van der Waals surface area contributed by atoms with Crippen LogP contribution < -0.4 is 0 Å². The van der Waals surface area contributed by atoms with Crippen LogP contribution >= 0.6 is 0 Å². The van der Waals surface area contributed by atoms with Gasteiger partial charge in [-0.15, -0.1) is 0 Å². The summed E-state index contributed by atoms with van der Waals surface area (Å²) in [6.45, 7) is 1.03. The van der Waals surface area contributed by atoms with Crippen LogP contribution in [0.1, 0.15) is 26.2 Å². The Bertz CT molecular complexity index is 484. The first-order valence-corrected chi connectivity index (χ1v) is 7.67. The van der Waals surface area contributed by atoms with E-state index in [1.165, 1.54) is 6.92 Å². The minimum atomic E-state index is -6.93. The van der Waals surface area contributed by atoms with Crippen molar-refractivity contribution in [3.05, 3.63) is 0 Å². The Kier molecular flexibility index (Phi) is 6.81. The average molecular weight is 384 g/mol. The molecule has 3 nitrogen and oxygen atoms in total. The van der Waals surface area contributed by atoms with Crippen LogP contribution in [0.4, 0.5) is 39.5 Å². The zero-order valence-electron chi connectivity index (χ0n) is 11.6. The molecule has 0 bridgehead atoms. The third-order valence-corrected chi connectivity index (χ3v) is 4.03. The largest absolute Gasteiger partial charge is 0.460 e. The van der Waals surface area contributed by atoms with Gasteiger partial charge in [-0.05, 0) is 19.8 Å². The number of rotatable bonds is 9. The van der Waals surface area contributed by atoms with Gasteiger partial charge >= 0.3 is 23.9 Å². The Morgan fingerprint density at radius 2 is 1.30 bits per heavy atom. The Hall–Kier alpha value is -0.720. The smallest absolute Gasteiger partial charge is 0.270 e. The summed E-state index contributed by atoms with van der Waals surface area (Å²) in [5.74, 6) is -20.1. The van der Waals surface area contributed by atoms with Crippen LogP contribution in [0.2, 0.25) is 0 Å². The number of alkyl halides is 9. The predicted molar refractivity (Wildman–Crippen MR) is 60.2 cm³/mol. The molecule has 0 aromatic heterocycles. The molecule has 0 radical (unpaired) electrons. The summed E-state index contributed by atoms with van der Waals surface area (Å²) in [6.07, 6.45) is -10.6. The quantitative estimate of drug-likeness (QED) is 0.343. The van der Waals surface area contributed by atoms with E-state index in [2.05, 4.69) is 4.18 Å². The maximum atomic E-state index is 13.1. The molecular formula is C10H13F9O3S. The molecule has 0 aliphatic carbocycles. The van der Waals surface area contributed by atoms with E-state index in [0.717, 1.165) is 0 Å². The molecule has 0 heterocycles. The minimum Gasteiger partial charge on any atom is -0.270 e. The van der Waals surface area contributed by atoms with Crippen molar-refractivity contribution >= 4 is 10.1 Å². The summed E-state index contributed by atoms with van der Waals surface area (Å²) in [7, 11) is -4.10. The Morgan fingerprint density at radius 1 is 0.826 bits per heavy atom. The van der Waals surface area contributed by atoms with Gasteiger partial charge in [0.25, 0.3) is 10.1 Å². The average Bonchev–Trinajstić information content (AvgIpc) is 2.32. The molecule has 0 aliphatic heterocycles. The molecule has 0 atom stereocenters. The number of halogens is 9. The van der Waals surface area contributed by atoms with E-state index in [-0.39, 0.29) is 6.61 Å². The van der Waals surface area contributed by atoms with E-state index in [9.17, 15) is 47.9 Å². The number of hydrogen-bond acceptors (Lipinski definition) is 3. The molecule has 0 fully saturated rings. The van der Waals surface area contributed by atoms with Gasteiger partial charge in [-0.3, -0.25) is 4.18 Å². The van der Waals surface area contributed by atoms with E-state index in [0.29, 0.717) is 0 Å². The highest BCUT2D eigenvalue weighted by Crippen LogP contribution is 2.54. The maximum Gasteiger partial charge on any atom is 0.460 e. The molecule has 0 unspecified atom stereocenters. The second-order valence-electron chi connectivity index (χ2n) is 4.48. The molecule has 0 aliphatic rings. The van der Waals surface area contributed by atoms with E-state index in [1.807, 2.05) is 0 Å². The molecule has 0 amide bonds. The predicted octanol–water partition coefficient (Wildman–Crippen LogP) is 3.99. The maximum absolute atomic E-state index is 13.1. The van der Waals surface area contributed by atoms with Crippen molar-refractivity contribution in [1.29, 1.82) is 0 Å². The Morgan fingerprint density at radius 3 is 1.70 bits per heavy atom. The van der Waals surface area contributed by atoms with Crippen molar-refractivity contribution in [2.24, 2.45) is 0 Å². The van der Waals surface area contributed by atoms with Gasteiger partial charge in [0, 0.05) is 6.42 Å². The Labute approximate surface area is 125 Å². The van der Waals surface area contributed by atoms with Gasteiger partial charge in [-0.1, -0.05) is 0 Å². The highest BCUT2D eigenvalue weighted by molar-refractivity contribution is 7.86. The molecule has 0 saturated heterocycles. The van der Waals surface area contributed by atoms with Gasteiger partial charge in [-0.2, -0.15) is 47.9 Å². The molecule has 13 heteroatoms. The third kappa shape index (κ3) is 5.13. The van der Waals surface area contributed by atoms with E-state index < -0.39 is 59.1 Å². The minimum absolute atomic E-state index is 0.269. The van der Waals surface area contributed by atoms with Crippen molar-refractivity contribution in [1.82, 2.24) is 0 Å². The fourth-order valence-electron chi connectivity index (χ4n) is 1.43. The van der Waals surface area contributed by atoms with E-state index in [1.54, 1.807) is 0 Å². The van der Waals surface area contributed by atoms with Crippen LogP contribution in [0.15, 0.2) is 0 Å². The van der Waals surface area contributed by atoms with Gasteiger partial charge in [0.05, 0.1) is 12.4 Å². The van der Waals surface area contributed by atoms with Crippen molar-refractivity contribution in [3.8, 4) is 0 Å². The molecule has 0 rings (SSSR count). The summed E-state index contributed by atoms with van der Waals surface area (Å²) in [6, 6.07) is 0. The zero-order valence-corrected chi connectivity index (χ0v) is 12.4. The van der Waals surface area contributed by atoms with E-state index in [4.69, 9.17) is 0 Å². The summed E-state index contributed by atoms with van der Waals surface area (Å²) in [4.78, 5) is 0. The van der Waals surface area contributed by atoms with Crippen molar-refractivity contribution in [2.45, 2.75) is 50.1 Å². The van der Waals surface area contributed by atoms with Crippen molar-refractivity contribution < 1.29 is 52.1 Å². The van der Waals surface area contributed by atoms with Crippen molar-refractivity contribution in [3.63, 3.8) is 0 Å². The second-order valence-corrected chi connectivity index (χ2v) is 6.24. The zero-order chi connectivity index (χ0) is 18.7. The topological polar surface area (TPSA) is 43.4 Å². The first-order valence-electron chi connectivity index (χ1n) is 6.09. The van der Waals surface area contributed by atoms with Gasteiger partial charge in [0.1, 0.15) is 0 Å². The highest BCUT2D eigenvalue weighted by Gasteiger charge is 2.81. The molecule has 140 valence electrons. The van der Waals surface area contributed by atoms with Crippen LogP contribution in [0.5, 0.6) is 0 Å². The summed E-state index contributed by atoms with van der Waals surface area (Å²) in [5.41, 5.74) is 0. The molecule has 0 saturated carbocycles. The van der Waals surface area contributed by atoms with Crippen LogP contribution in [0.25, 0.3) is 0 Å². The third-order valence-electron chi connectivity index (χ3n) is 2.64. The summed E-state index contributed by atoms with van der Waals surface area (Å²) in [5, 5.41) is 0. The standard InChI is InChI=1S/C10H13F9O3S/c1-2-22-23(20,21)6-4-3-5-7(11,12)8(13,14)9(15,16)10(17,18)19/h2-6H2,1H3. The first kappa shape index (κ1) is 22.3. The number of hydrogen-bond donors (Lipinski definition) is 0. The Balaban J connectivity index is 4.88. The highest BCUT2D eigenvalue weighted by atomic mass is 32.2. The van der Waals surface area contributed by atoms with Crippen molar-refractivity contribution in [2.75, 3.05) is 12.4 Å². The fraction of sp³-hybridized carbons (Fsp3) is 1.00. The molecule has 23 heavy (non-hydrogen) atoms. The van der Waals surface area contributed by atoms with Gasteiger partial charge < -0.3 is 0 Å². The monoisotopic (exact) mass is 384 g/mol. The lowest BCUT2D eigenvalue weighted by atomic mass is 9.99. The van der Waals surface area contributed by atoms with E-state index >= 15 is 0 Å². The summed E-state index contributed by atoms with van der Waals surface area (Å²) < 4.78 is 139. The lowest BCUT2D eigenvalue weighted by Crippen LogP contribution is -2.60. The van der Waals surface area contributed by atoms with Gasteiger partial charge in [0.15, 0.2) is 0 Å². The normalized spacial score (nSPS) is 15.0. The molecular weight excluding hydrogens is 371 g/mol. The van der Waals surface area contributed by atoms with Gasteiger partial charge in [0.2, 0.25) is 0 Å². The van der Waals surface area contributed by atoms with Crippen LogP contribution in [0, 0.1) is 0 Å². The second kappa shape index (κ2) is 7.03. The molecule has 0 N–H and O–H groups in total. The SMILES string of the molecule is CCOS(=O)(=O)CCCCC(F)(F)C(F)(F)C(F)(F)C(F)(F)F.